The summed E-state index contributed by atoms with van der Waals surface area (Å²) in [6.45, 7) is 5.13. The van der Waals surface area contributed by atoms with E-state index in [4.69, 9.17) is 9.47 Å². The van der Waals surface area contributed by atoms with Gasteiger partial charge in [0.25, 0.3) is 0 Å². The van der Waals surface area contributed by atoms with Gasteiger partial charge in [-0.05, 0) is 26.4 Å². The fourth-order valence-corrected chi connectivity index (χ4v) is 2.13. The number of likely N-dealkylation sites (N-methyl/N-ethyl adjacent to an activating group) is 2. The van der Waals surface area contributed by atoms with Crippen molar-refractivity contribution in [1.82, 2.24) is 10.2 Å². The van der Waals surface area contributed by atoms with Crippen LogP contribution >= 0.6 is 0 Å². The molecule has 1 saturated heterocycles. The summed E-state index contributed by atoms with van der Waals surface area (Å²) in [5.74, 6) is -0.203. The number of nitrogens with one attached hydrogen (secondary N) is 1. The van der Waals surface area contributed by atoms with Crippen LogP contribution in [0.1, 0.15) is 19.8 Å². The van der Waals surface area contributed by atoms with E-state index in [0.29, 0.717) is 12.6 Å². The van der Waals surface area contributed by atoms with E-state index in [9.17, 15) is 4.79 Å². The SMILES string of the molecule is CCNC(CN(C)CC1CCCO1)C(=O)OC. The lowest BCUT2D eigenvalue weighted by molar-refractivity contribution is -0.143. The van der Waals surface area contributed by atoms with Crippen molar-refractivity contribution in [3.8, 4) is 0 Å². The third-order valence-electron chi connectivity index (χ3n) is 2.97. The van der Waals surface area contributed by atoms with Crippen LogP contribution in [0.4, 0.5) is 0 Å². The Morgan fingerprint density at radius 1 is 1.65 bits per heavy atom. The molecule has 17 heavy (non-hydrogen) atoms. The summed E-state index contributed by atoms with van der Waals surface area (Å²) in [6.07, 6.45) is 2.58. The maximum Gasteiger partial charge on any atom is 0.324 e. The summed E-state index contributed by atoms with van der Waals surface area (Å²) < 4.78 is 10.4. The second-order valence-corrected chi connectivity index (χ2v) is 4.49. The van der Waals surface area contributed by atoms with Gasteiger partial charge < -0.3 is 19.7 Å². The quantitative estimate of drug-likeness (QED) is 0.651. The van der Waals surface area contributed by atoms with Gasteiger partial charge in [0.15, 0.2) is 0 Å². The summed E-state index contributed by atoms with van der Waals surface area (Å²) in [5, 5.41) is 3.13. The highest BCUT2D eigenvalue weighted by atomic mass is 16.5. The van der Waals surface area contributed by atoms with Crippen molar-refractivity contribution >= 4 is 5.97 Å². The Labute approximate surface area is 103 Å². The standard InChI is InChI=1S/C12H24N2O3/c1-4-13-11(12(15)16-3)9-14(2)8-10-6-5-7-17-10/h10-11,13H,4-9H2,1-3H3. The second-order valence-electron chi connectivity index (χ2n) is 4.49. The molecule has 1 rings (SSSR count). The highest BCUT2D eigenvalue weighted by Gasteiger charge is 2.23. The molecule has 2 atom stereocenters. The number of carbonyl (C=O) groups is 1. The topological polar surface area (TPSA) is 50.8 Å². The van der Waals surface area contributed by atoms with Gasteiger partial charge in [-0.3, -0.25) is 4.79 Å². The monoisotopic (exact) mass is 244 g/mol. The first-order valence-electron chi connectivity index (χ1n) is 6.28. The molecule has 0 radical (unpaired) electrons. The van der Waals surface area contributed by atoms with E-state index in [1.165, 1.54) is 7.11 Å². The molecule has 5 heteroatoms. The maximum atomic E-state index is 11.5. The van der Waals surface area contributed by atoms with Crippen LogP contribution in [0.2, 0.25) is 0 Å². The molecule has 0 bridgehead atoms. The first-order chi connectivity index (χ1) is 8.17. The highest BCUT2D eigenvalue weighted by Crippen LogP contribution is 2.12. The predicted molar refractivity (Wildman–Crippen MR) is 66.0 cm³/mol. The molecule has 1 N–H and O–H groups in total. The summed E-state index contributed by atoms with van der Waals surface area (Å²) >= 11 is 0. The third-order valence-corrected chi connectivity index (χ3v) is 2.97. The molecule has 0 aromatic carbocycles. The minimum atomic E-state index is -0.253. The number of hydrogen-bond donors (Lipinski definition) is 1. The van der Waals surface area contributed by atoms with Crippen LogP contribution in [-0.2, 0) is 14.3 Å². The van der Waals surface area contributed by atoms with Gasteiger partial charge in [-0.2, -0.15) is 0 Å². The van der Waals surface area contributed by atoms with Crippen LogP contribution in [0.25, 0.3) is 0 Å². The molecule has 0 aromatic rings. The van der Waals surface area contributed by atoms with Crippen LogP contribution in [0.5, 0.6) is 0 Å². The number of ether oxygens (including phenoxy) is 2. The number of hydrogen-bond acceptors (Lipinski definition) is 5. The number of nitrogens with zero attached hydrogens (tertiary/aromatic N) is 1. The van der Waals surface area contributed by atoms with E-state index in [2.05, 4.69) is 10.2 Å². The van der Waals surface area contributed by atoms with Crippen molar-refractivity contribution in [3.05, 3.63) is 0 Å². The van der Waals surface area contributed by atoms with Crippen molar-refractivity contribution in [2.24, 2.45) is 0 Å². The third kappa shape index (κ3) is 5.02. The molecule has 2 unspecified atom stereocenters. The van der Waals surface area contributed by atoms with E-state index >= 15 is 0 Å². The van der Waals surface area contributed by atoms with Crippen LogP contribution in [0.15, 0.2) is 0 Å². The summed E-state index contributed by atoms with van der Waals surface area (Å²) in [4.78, 5) is 13.7. The summed E-state index contributed by atoms with van der Waals surface area (Å²) in [7, 11) is 3.43. The van der Waals surface area contributed by atoms with Gasteiger partial charge in [-0.1, -0.05) is 6.92 Å². The Morgan fingerprint density at radius 3 is 2.94 bits per heavy atom. The lowest BCUT2D eigenvalue weighted by atomic mass is 10.2. The normalized spacial score (nSPS) is 21.8. The molecular formula is C12H24N2O3. The van der Waals surface area contributed by atoms with E-state index in [0.717, 1.165) is 32.5 Å². The van der Waals surface area contributed by atoms with Gasteiger partial charge in [0.2, 0.25) is 0 Å². The Hall–Kier alpha value is -0.650. The molecule has 0 amide bonds. The van der Waals surface area contributed by atoms with Crippen LogP contribution in [0, 0.1) is 0 Å². The van der Waals surface area contributed by atoms with Gasteiger partial charge in [0.1, 0.15) is 6.04 Å². The average molecular weight is 244 g/mol. The molecule has 1 fully saturated rings. The van der Waals surface area contributed by atoms with Crippen molar-refractivity contribution in [1.29, 1.82) is 0 Å². The van der Waals surface area contributed by atoms with Crippen molar-refractivity contribution in [2.75, 3.05) is 40.4 Å². The zero-order valence-corrected chi connectivity index (χ0v) is 11.1. The lowest BCUT2D eigenvalue weighted by Gasteiger charge is -2.24. The average Bonchev–Trinajstić information content (AvgIpc) is 2.80. The lowest BCUT2D eigenvalue weighted by Crippen LogP contribution is -2.47. The zero-order chi connectivity index (χ0) is 12.7. The molecule has 5 nitrogen and oxygen atoms in total. The molecule has 0 saturated carbocycles. The van der Waals surface area contributed by atoms with Gasteiger partial charge in [0, 0.05) is 19.7 Å². The number of methoxy groups -OCH3 is 1. The fraction of sp³-hybridized carbons (Fsp3) is 0.917. The van der Waals surface area contributed by atoms with Crippen LogP contribution in [0.3, 0.4) is 0 Å². The number of rotatable bonds is 7. The Balaban J connectivity index is 2.34. The first kappa shape index (κ1) is 14.4. The minimum Gasteiger partial charge on any atom is -0.468 e. The molecule has 0 aliphatic carbocycles. The highest BCUT2D eigenvalue weighted by molar-refractivity contribution is 5.75. The van der Waals surface area contributed by atoms with E-state index in [1.54, 1.807) is 0 Å². The largest absolute Gasteiger partial charge is 0.468 e. The van der Waals surface area contributed by atoms with Gasteiger partial charge in [0.05, 0.1) is 13.2 Å². The molecule has 0 spiro atoms. The Kier molecular flexibility index (Phi) is 6.47. The Bertz CT molecular complexity index is 230. The van der Waals surface area contributed by atoms with Gasteiger partial charge in [-0.25, -0.2) is 0 Å². The van der Waals surface area contributed by atoms with E-state index < -0.39 is 0 Å². The zero-order valence-electron chi connectivity index (χ0n) is 11.1. The molecule has 1 aliphatic rings. The molecular weight excluding hydrogens is 220 g/mol. The van der Waals surface area contributed by atoms with Crippen molar-refractivity contribution in [3.63, 3.8) is 0 Å². The van der Waals surface area contributed by atoms with Gasteiger partial charge in [-0.15, -0.1) is 0 Å². The predicted octanol–water partition coefficient (Wildman–Crippen LogP) is 0.248. The Morgan fingerprint density at radius 2 is 2.41 bits per heavy atom. The minimum absolute atomic E-state index is 0.203. The van der Waals surface area contributed by atoms with Crippen molar-refractivity contribution < 1.29 is 14.3 Å². The van der Waals surface area contributed by atoms with E-state index in [1.807, 2.05) is 14.0 Å². The van der Waals surface area contributed by atoms with Crippen LogP contribution < -0.4 is 5.32 Å². The first-order valence-corrected chi connectivity index (χ1v) is 6.28. The molecule has 1 aliphatic heterocycles. The van der Waals surface area contributed by atoms with Gasteiger partial charge >= 0.3 is 5.97 Å². The second kappa shape index (κ2) is 7.63. The summed E-state index contributed by atoms with van der Waals surface area (Å²) in [6, 6.07) is -0.253. The molecule has 0 aromatic heterocycles. The van der Waals surface area contributed by atoms with E-state index in [-0.39, 0.29) is 12.0 Å². The van der Waals surface area contributed by atoms with Crippen LogP contribution in [-0.4, -0.2) is 63.4 Å². The smallest absolute Gasteiger partial charge is 0.324 e. The summed E-state index contributed by atoms with van der Waals surface area (Å²) in [5.41, 5.74) is 0. The van der Waals surface area contributed by atoms with Crippen molar-refractivity contribution in [2.45, 2.75) is 31.9 Å². The fourth-order valence-electron chi connectivity index (χ4n) is 2.13. The molecule has 100 valence electrons. The maximum absolute atomic E-state index is 11.5. The number of carbonyl (C=O) groups excluding carboxylic acids is 1. The number of esters is 1. The molecule has 1 heterocycles.